The van der Waals surface area contributed by atoms with Crippen LogP contribution in [0.3, 0.4) is 0 Å². The first-order chi connectivity index (χ1) is 11.4. The van der Waals surface area contributed by atoms with E-state index in [1.165, 1.54) is 11.1 Å². The van der Waals surface area contributed by atoms with E-state index in [1.807, 2.05) is 7.05 Å². The Morgan fingerprint density at radius 2 is 1.65 bits per heavy atom. The molecule has 0 saturated carbocycles. The van der Waals surface area contributed by atoms with E-state index in [-0.39, 0.29) is 12.8 Å². The molecule has 0 fully saturated rings. The van der Waals surface area contributed by atoms with E-state index >= 15 is 0 Å². The molecule has 1 unspecified atom stereocenters. The van der Waals surface area contributed by atoms with E-state index in [2.05, 4.69) is 46.7 Å². The normalized spacial score (nSPS) is 14.7. The molecule has 0 radical (unpaired) electrons. The van der Waals surface area contributed by atoms with E-state index in [9.17, 15) is 9.13 Å². The summed E-state index contributed by atoms with van der Waals surface area (Å²) in [5.41, 5.74) is 2.68. The number of hydrogen-bond donors (Lipinski definition) is 4. The van der Waals surface area contributed by atoms with Gasteiger partial charge in [0, 0.05) is 13.1 Å². The molecule has 0 amide bonds. The fourth-order valence-electron chi connectivity index (χ4n) is 2.01. The minimum atomic E-state index is -5.05. The molecule has 0 saturated heterocycles. The predicted molar refractivity (Wildman–Crippen MR) is 103 cm³/mol. The highest BCUT2D eigenvalue weighted by molar-refractivity contribution is 7.60. The summed E-state index contributed by atoms with van der Waals surface area (Å²) in [4.78, 5) is 28.1. The number of nitrogens with zero attached hydrogens (tertiary/aromatic N) is 1. The Morgan fingerprint density at radius 1 is 1.04 bits per heavy atom. The topological polar surface area (TPSA) is 152 Å². The number of phosphoric ester groups is 1. The Labute approximate surface area is 156 Å². The second-order valence-electron chi connectivity index (χ2n) is 6.19. The highest BCUT2D eigenvalue weighted by Crippen LogP contribution is 2.57. The van der Waals surface area contributed by atoms with Gasteiger partial charge in [-0.1, -0.05) is 23.3 Å². The van der Waals surface area contributed by atoms with E-state index < -0.39 is 15.6 Å². The zero-order chi connectivity index (χ0) is 19.5. The van der Waals surface area contributed by atoms with Crippen LogP contribution in [0.2, 0.25) is 0 Å². The molecule has 0 rings (SSSR count). The highest BCUT2D eigenvalue weighted by atomic mass is 31.3. The van der Waals surface area contributed by atoms with E-state index in [4.69, 9.17) is 14.7 Å². The Morgan fingerprint density at radius 3 is 2.19 bits per heavy atom. The zero-order valence-corrected chi connectivity index (χ0v) is 17.9. The smallest absolute Gasteiger partial charge is 0.344 e. The lowest BCUT2D eigenvalue weighted by Crippen LogP contribution is -2.21. The largest absolute Gasteiger partial charge is 0.481 e. The van der Waals surface area contributed by atoms with Gasteiger partial charge in [-0.05, 0) is 53.5 Å². The first-order valence-electron chi connectivity index (χ1n) is 8.13. The van der Waals surface area contributed by atoms with Gasteiger partial charge in [0.15, 0.2) is 0 Å². The fraction of sp³-hybridized carbons (Fsp3) is 0.733. The minimum Gasteiger partial charge on any atom is -0.344 e. The molecule has 0 heterocycles. The second kappa shape index (κ2) is 13.8. The maximum Gasteiger partial charge on any atom is 0.481 e. The Hall–Kier alpha value is -0.340. The van der Waals surface area contributed by atoms with Crippen LogP contribution in [-0.2, 0) is 18.0 Å². The van der Waals surface area contributed by atoms with Crippen molar-refractivity contribution < 1.29 is 32.6 Å². The summed E-state index contributed by atoms with van der Waals surface area (Å²) in [5.74, 6) is 0. The zero-order valence-electron chi connectivity index (χ0n) is 16.1. The molecular formula is C15H34N2O7P2. The van der Waals surface area contributed by atoms with E-state index in [0.29, 0.717) is 13.0 Å². The Bertz CT molecular complexity index is 542. The van der Waals surface area contributed by atoms with Crippen LogP contribution in [0.25, 0.3) is 0 Å². The van der Waals surface area contributed by atoms with Crippen LogP contribution < -0.4 is 6.15 Å². The third-order valence-corrected chi connectivity index (χ3v) is 5.43. The molecule has 9 nitrogen and oxygen atoms in total. The summed E-state index contributed by atoms with van der Waals surface area (Å²) >= 11 is 0. The van der Waals surface area contributed by atoms with Crippen molar-refractivity contribution in [2.24, 2.45) is 0 Å². The molecule has 0 spiro atoms. The van der Waals surface area contributed by atoms with Crippen molar-refractivity contribution in [2.75, 3.05) is 26.7 Å². The molecule has 0 aromatic rings. The van der Waals surface area contributed by atoms with Crippen molar-refractivity contribution in [3.63, 3.8) is 0 Å². The first-order valence-corrected chi connectivity index (χ1v) is 11.2. The molecule has 1 atom stereocenters. The van der Waals surface area contributed by atoms with Crippen molar-refractivity contribution >= 4 is 15.6 Å². The SMILES string of the molecule is CC(C)=CCC/C(C)=C/CCN(C)CCCOP(=O)(O)OP(=O)(O)O.N. The van der Waals surface area contributed by atoms with Gasteiger partial charge in [-0.2, -0.15) is 4.31 Å². The lowest BCUT2D eigenvalue weighted by molar-refractivity contribution is 0.171. The maximum atomic E-state index is 11.2. The Kier molecular flexibility index (Phi) is 14.8. The van der Waals surface area contributed by atoms with Crippen molar-refractivity contribution in [1.82, 2.24) is 11.1 Å². The molecule has 26 heavy (non-hydrogen) atoms. The van der Waals surface area contributed by atoms with Gasteiger partial charge in [-0.25, -0.2) is 9.13 Å². The third-order valence-electron chi connectivity index (χ3n) is 3.24. The van der Waals surface area contributed by atoms with E-state index in [0.717, 1.165) is 25.8 Å². The average Bonchev–Trinajstić information content (AvgIpc) is 2.40. The molecule has 156 valence electrons. The monoisotopic (exact) mass is 416 g/mol. The van der Waals surface area contributed by atoms with Crippen LogP contribution in [-0.4, -0.2) is 46.3 Å². The minimum absolute atomic E-state index is 0. The summed E-state index contributed by atoms with van der Waals surface area (Å²) in [7, 11) is -7.85. The van der Waals surface area contributed by atoms with Crippen molar-refractivity contribution in [3.8, 4) is 0 Å². The second-order valence-corrected chi connectivity index (χ2v) is 9.02. The predicted octanol–water partition coefficient (Wildman–Crippen LogP) is 3.78. The first kappa shape index (κ1) is 27.9. The van der Waals surface area contributed by atoms with Gasteiger partial charge in [0.2, 0.25) is 0 Å². The molecule has 0 aliphatic heterocycles. The van der Waals surface area contributed by atoms with Gasteiger partial charge in [0.1, 0.15) is 0 Å². The molecule has 0 aliphatic carbocycles. The standard InChI is InChI=1S/C15H31NO7P2.H3N/c1-14(2)8-5-9-15(3)10-6-11-16(4)12-7-13-22-25(20,21)23-24(17,18)19;/h8,10H,5-7,9,11-13H2,1-4H3,(H,20,21)(H2,17,18,19);1H3/b15-10+;. The van der Waals surface area contributed by atoms with Crippen molar-refractivity contribution in [2.45, 2.75) is 46.5 Å². The van der Waals surface area contributed by atoms with Gasteiger partial charge >= 0.3 is 15.6 Å². The van der Waals surface area contributed by atoms with Gasteiger partial charge in [0.05, 0.1) is 6.61 Å². The molecule has 0 bridgehead atoms. The average molecular weight is 416 g/mol. The molecule has 0 aromatic heterocycles. The maximum absolute atomic E-state index is 11.2. The van der Waals surface area contributed by atoms with Gasteiger partial charge < -0.3 is 25.7 Å². The van der Waals surface area contributed by atoms with Crippen LogP contribution in [0.1, 0.15) is 46.5 Å². The van der Waals surface area contributed by atoms with Gasteiger partial charge in [-0.3, -0.25) is 4.52 Å². The lowest BCUT2D eigenvalue weighted by atomic mass is 10.1. The van der Waals surface area contributed by atoms with Crippen LogP contribution in [0.15, 0.2) is 23.3 Å². The van der Waals surface area contributed by atoms with Crippen LogP contribution in [0.5, 0.6) is 0 Å². The van der Waals surface area contributed by atoms with Crippen LogP contribution >= 0.6 is 15.6 Å². The van der Waals surface area contributed by atoms with Crippen LogP contribution in [0, 0.1) is 0 Å². The lowest BCUT2D eigenvalue weighted by Gasteiger charge is -2.16. The molecule has 11 heteroatoms. The number of phosphoric acid groups is 2. The quantitative estimate of drug-likeness (QED) is 0.200. The number of rotatable bonds is 13. The highest BCUT2D eigenvalue weighted by Gasteiger charge is 2.31. The summed E-state index contributed by atoms with van der Waals surface area (Å²) < 4.78 is 30.0. The molecule has 0 aromatic carbocycles. The number of hydrogen-bond acceptors (Lipinski definition) is 6. The third kappa shape index (κ3) is 18.5. The molecule has 6 N–H and O–H groups in total. The van der Waals surface area contributed by atoms with Crippen molar-refractivity contribution in [1.29, 1.82) is 0 Å². The van der Waals surface area contributed by atoms with Gasteiger partial charge in [0.25, 0.3) is 0 Å². The summed E-state index contributed by atoms with van der Waals surface area (Å²) in [6.07, 6.45) is 7.89. The molecular weight excluding hydrogens is 382 g/mol. The molecule has 0 aliphatic rings. The van der Waals surface area contributed by atoms with Crippen molar-refractivity contribution in [3.05, 3.63) is 23.3 Å². The summed E-state index contributed by atoms with van der Waals surface area (Å²) in [5, 5.41) is 0. The Balaban J connectivity index is 0. The van der Waals surface area contributed by atoms with E-state index in [1.54, 1.807) is 0 Å². The van der Waals surface area contributed by atoms with Crippen LogP contribution in [0.4, 0.5) is 0 Å². The summed E-state index contributed by atoms with van der Waals surface area (Å²) in [6, 6.07) is 0. The summed E-state index contributed by atoms with van der Waals surface area (Å²) in [6.45, 7) is 7.63. The number of allylic oxidation sites excluding steroid dienone is 3. The van der Waals surface area contributed by atoms with Gasteiger partial charge in [-0.15, -0.1) is 0 Å². The fourth-order valence-corrected chi connectivity index (χ4v) is 3.63.